The fourth-order valence-electron chi connectivity index (χ4n) is 3.68. The highest BCUT2D eigenvalue weighted by Gasteiger charge is 2.43. The van der Waals surface area contributed by atoms with E-state index in [-0.39, 0.29) is 6.10 Å². The number of furan rings is 1. The first kappa shape index (κ1) is 13.8. The Kier molecular flexibility index (Phi) is 3.78. The molecule has 116 valence electrons. The number of morpholine rings is 1. The van der Waals surface area contributed by atoms with Gasteiger partial charge in [-0.05, 0) is 50.7 Å². The molecule has 4 heteroatoms. The van der Waals surface area contributed by atoms with Gasteiger partial charge in [-0.25, -0.2) is 0 Å². The second kappa shape index (κ2) is 5.75. The molecule has 1 aromatic heterocycles. The average Bonchev–Trinajstić information content (AvgIpc) is 3.08. The smallest absolute Gasteiger partial charge is 0.118 e. The van der Waals surface area contributed by atoms with Crippen molar-refractivity contribution in [2.45, 2.75) is 57.4 Å². The molecular weight excluding hydrogens is 266 g/mol. The van der Waals surface area contributed by atoms with Crippen molar-refractivity contribution in [3.63, 3.8) is 0 Å². The van der Waals surface area contributed by atoms with E-state index in [1.54, 1.807) is 0 Å². The molecule has 1 saturated heterocycles. The van der Waals surface area contributed by atoms with E-state index in [1.165, 1.54) is 19.3 Å². The van der Waals surface area contributed by atoms with Crippen LogP contribution in [0.25, 0.3) is 0 Å². The van der Waals surface area contributed by atoms with E-state index in [9.17, 15) is 0 Å². The molecule has 3 fully saturated rings. The minimum Gasteiger partial charge on any atom is -0.465 e. The van der Waals surface area contributed by atoms with Crippen LogP contribution in [-0.2, 0) is 16.0 Å². The number of ether oxygens (including phenoxy) is 2. The van der Waals surface area contributed by atoms with Crippen LogP contribution in [-0.4, -0.2) is 42.9 Å². The fraction of sp³-hybridized carbons (Fsp3) is 0.765. The number of aryl methyl sites for hydroxylation is 1. The second-order valence-electron chi connectivity index (χ2n) is 6.78. The highest BCUT2D eigenvalue weighted by atomic mass is 16.5. The maximum Gasteiger partial charge on any atom is 0.118 e. The second-order valence-corrected chi connectivity index (χ2v) is 6.78. The molecule has 3 aliphatic rings. The van der Waals surface area contributed by atoms with Crippen LogP contribution in [0.2, 0.25) is 0 Å². The van der Waals surface area contributed by atoms with Crippen molar-refractivity contribution < 1.29 is 13.9 Å². The number of hydrogen-bond acceptors (Lipinski definition) is 4. The van der Waals surface area contributed by atoms with Gasteiger partial charge >= 0.3 is 0 Å². The molecule has 3 atom stereocenters. The molecule has 4 rings (SSSR count). The van der Waals surface area contributed by atoms with Crippen LogP contribution in [0.5, 0.6) is 0 Å². The van der Waals surface area contributed by atoms with Crippen molar-refractivity contribution in [1.82, 2.24) is 4.90 Å². The third-order valence-electron chi connectivity index (χ3n) is 5.05. The highest BCUT2D eigenvalue weighted by molar-refractivity contribution is 5.07. The number of fused-ring (bicyclic) bond motifs is 1. The summed E-state index contributed by atoms with van der Waals surface area (Å²) in [5.41, 5.74) is 0. The van der Waals surface area contributed by atoms with Crippen LogP contribution < -0.4 is 0 Å². The first-order chi connectivity index (χ1) is 10.3. The maximum atomic E-state index is 6.12. The third kappa shape index (κ3) is 3.03. The van der Waals surface area contributed by atoms with Crippen molar-refractivity contribution in [2.75, 3.05) is 19.8 Å². The van der Waals surface area contributed by atoms with Gasteiger partial charge in [-0.1, -0.05) is 0 Å². The molecule has 0 unspecified atom stereocenters. The molecule has 0 spiro atoms. The molecule has 2 saturated carbocycles. The van der Waals surface area contributed by atoms with Gasteiger partial charge in [0.25, 0.3) is 0 Å². The Morgan fingerprint density at radius 1 is 1.24 bits per heavy atom. The first-order valence-corrected chi connectivity index (χ1v) is 8.32. The normalized spacial score (nSPS) is 33.3. The van der Waals surface area contributed by atoms with Gasteiger partial charge < -0.3 is 13.9 Å². The van der Waals surface area contributed by atoms with Crippen LogP contribution in [0.4, 0.5) is 0 Å². The molecule has 0 aromatic carbocycles. The van der Waals surface area contributed by atoms with E-state index in [0.29, 0.717) is 12.1 Å². The van der Waals surface area contributed by atoms with Gasteiger partial charge in [-0.3, -0.25) is 4.90 Å². The standard InChI is InChI=1S/C17H25NO3/c1-12-2-5-14(21-12)10-18-8-9-19-17-15(18)6-7-16(17)20-11-13-3-4-13/h2,5,13,15-17H,3-4,6-11H2,1H3/t15-,16+,17+/m0/s1. The highest BCUT2D eigenvalue weighted by Crippen LogP contribution is 2.35. The summed E-state index contributed by atoms with van der Waals surface area (Å²) in [5.74, 6) is 2.89. The Balaban J connectivity index is 1.38. The van der Waals surface area contributed by atoms with Gasteiger partial charge in [-0.2, -0.15) is 0 Å². The Labute approximate surface area is 126 Å². The lowest BCUT2D eigenvalue weighted by Crippen LogP contribution is -2.51. The number of rotatable bonds is 5. The summed E-state index contributed by atoms with van der Waals surface area (Å²) in [6.45, 7) is 5.64. The minimum absolute atomic E-state index is 0.258. The summed E-state index contributed by atoms with van der Waals surface area (Å²) < 4.78 is 17.9. The molecule has 1 aromatic rings. The minimum atomic E-state index is 0.258. The van der Waals surface area contributed by atoms with Gasteiger partial charge in [0.05, 0.1) is 25.4 Å². The van der Waals surface area contributed by atoms with Gasteiger partial charge in [0, 0.05) is 19.2 Å². The molecule has 0 N–H and O–H groups in total. The Bertz CT molecular complexity index is 482. The lowest BCUT2D eigenvalue weighted by molar-refractivity contribution is -0.117. The molecule has 0 bridgehead atoms. The Morgan fingerprint density at radius 3 is 2.90 bits per heavy atom. The van der Waals surface area contributed by atoms with E-state index in [4.69, 9.17) is 13.9 Å². The average molecular weight is 291 g/mol. The molecule has 1 aliphatic heterocycles. The number of hydrogen-bond donors (Lipinski definition) is 0. The molecule has 2 heterocycles. The SMILES string of the molecule is Cc1ccc(CN2CCO[C@H]3[C@H](OCC4CC4)CC[C@@H]32)o1. The van der Waals surface area contributed by atoms with E-state index in [2.05, 4.69) is 11.0 Å². The van der Waals surface area contributed by atoms with Crippen molar-refractivity contribution in [1.29, 1.82) is 0 Å². The van der Waals surface area contributed by atoms with Crippen molar-refractivity contribution in [3.05, 3.63) is 23.7 Å². The predicted octanol–water partition coefficient (Wildman–Crippen LogP) is 2.75. The van der Waals surface area contributed by atoms with Gasteiger partial charge in [0.2, 0.25) is 0 Å². The molecule has 4 nitrogen and oxygen atoms in total. The van der Waals surface area contributed by atoms with Gasteiger partial charge in [0.1, 0.15) is 11.5 Å². The zero-order chi connectivity index (χ0) is 14.2. The molecule has 2 aliphatic carbocycles. The summed E-state index contributed by atoms with van der Waals surface area (Å²) in [4.78, 5) is 2.52. The molecule has 21 heavy (non-hydrogen) atoms. The largest absolute Gasteiger partial charge is 0.465 e. The van der Waals surface area contributed by atoms with E-state index in [1.807, 2.05) is 13.0 Å². The summed E-state index contributed by atoms with van der Waals surface area (Å²) in [7, 11) is 0. The lowest BCUT2D eigenvalue weighted by atomic mass is 10.1. The van der Waals surface area contributed by atoms with Crippen LogP contribution in [0, 0.1) is 12.8 Å². The van der Waals surface area contributed by atoms with Crippen molar-refractivity contribution in [2.24, 2.45) is 5.92 Å². The lowest BCUT2D eigenvalue weighted by Gasteiger charge is -2.38. The molecule has 0 amide bonds. The maximum absolute atomic E-state index is 6.12. The van der Waals surface area contributed by atoms with Gasteiger partial charge in [-0.15, -0.1) is 0 Å². The van der Waals surface area contributed by atoms with E-state index >= 15 is 0 Å². The summed E-state index contributed by atoms with van der Waals surface area (Å²) >= 11 is 0. The third-order valence-corrected chi connectivity index (χ3v) is 5.05. The van der Waals surface area contributed by atoms with Crippen molar-refractivity contribution in [3.8, 4) is 0 Å². The predicted molar refractivity (Wildman–Crippen MR) is 79.1 cm³/mol. The first-order valence-electron chi connectivity index (χ1n) is 8.32. The van der Waals surface area contributed by atoms with E-state index < -0.39 is 0 Å². The zero-order valence-electron chi connectivity index (χ0n) is 12.8. The molecular formula is C17H25NO3. The van der Waals surface area contributed by atoms with E-state index in [0.717, 1.165) is 50.2 Å². The zero-order valence-corrected chi connectivity index (χ0v) is 12.8. The molecule has 0 radical (unpaired) electrons. The Hall–Kier alpha value is -0.840. The monoisotopic (exact) mass is 291 g/mol. The topological polar surface area (TPSA) is 34.8 Å². The summed E-state index contributed by atoms with van der Waals surface area (Å²) in [5, 5.41) is 0. The van der Waals surface area contributed by atoms with Crippen LogP contribution >= 0.6 is 0 Å². The Morgan fingerprint density at radius 2 is 2.14 bits per heavy atom. The van der Waals surface area contributed by atoms with Crippen LogP contribution in [0.3, 0.4) is 0 Å². The summed E-state index contributed by atoms with van der Waals surface area (Å²) in [6.07, 6.45) is 5.58. The fourth-order valence-corrected chi connectivity index (χ4v) is 3.68. The summed E-state index contributed by atoms with van der Waals surface area (Å²) in [6, 6.07) is 4.63. The van der Waals surface area contributed by atoms with Gasteiger partial charge in [0.15, 0.2) is 0 Å². The van der Waals surface area contributed by atoms with Crippen LogP contribution in [0.1, 0.15) is 37.2 Å². The van der Waals surface area contributed by atoms with Crippen LogP contribution in [0.15, 0.2) is 16.5 Å². The van der Waals surface area contributed by atoms with Crippen molar-refractivity contribution >= 4 is 0 Å². The number of nitrogens with zero attached hydrogens (tertiary/aromatic N) is 1. The quantitative estimate of drug-likeness (QED) is 0.835.